The number of pyridine rings is 1. The van der Waals surface area contributed by atoms with E-state index in [9.17, 15) is 15.3 Å². The molecule has 1 aliphatic carbocycles. The number of hydrogen-bond donors (Lipinski definition) is 5. The number of H-pyrrole nitrogens is 1. The summed E-state index contributed by atoms with van der Waals surface area (Å²) in [6, 6.07) is 3.27. The first kappa shape index (κ1) is 18.7. The summed E-state index contributed by atoms with van der Waals surface area (Å²) in [5.74, 6) is 0.515. The van der Waals surface area contributed by atoms with Crippen LogP contribution in [0.4, 0.5) is 17.5 Å². The fourth-order valence-corrected chi connectivity index (χ4v) is 3.94. The second kappa shape index (κ2) is 8.15. The monoisotopic (exact) mass is 401 g/mol. The lowest BCUT2D eigenvalue weighted by Gasteiger charge is -2.20. The normalized spacial score (nSPS) is 24.2. The molecule has 10 heteroatoms. The smallest absolute Gasteiger partial charge is 0.229 e. The molecular formula is C18H21N6O3S+. The van der Waals surface area contributed by atoms with E-state index < -0.39 is 18.2 Å². The van der Waals surface area contributed by atoms with Gasteiger partial charge in [0.05, 0.1) is 23.4 Å². The standard InChI is InChI=1S/C18H20N6O3S/c25-9-10-7-13(15(27)14(10)26)23-16-12(17-20-5-6-28-17)8-21-18(24-16)22-11-1-3-19-4-2-11/h1-6,8,10,13-15,25-27H,7,9H2,(H2,19,21,22,23,24)/p+1/t10-,13-,14-,15+/m1/s1. The molecule has 6 N–H and O–H groups in total. The number of hydrogen-bond acceptors (Lipinski definition) is 9. The van der Waals surface area contributed by atoms with Crippen molar-refractivity contribution in [3.05, 3.63) is 42.3 Å². The number of nitrogens with zero attached hydrogens (tertiary/aromatic N) is 3. The van der Waals surface area contributed by atoms with E-state index in [-0.39, 0.29) is 12.5 Å². The molecule has 1 saturated carbocycles. The number of aromatic nitrogens is 4. The van der Waals surface area contributed by atoms with E-state index in [0.717, 1.165) is 10.7 Å². The Labute approximate surface area is 165 Å². The quantitative estimate of drug-likeness (QED) is 0.406. The largest absolute Gasteiger partial charge is 0.396 e. The summed E-state index contributed by atoms with van der Waals surface area (Å²) in [6.45, 7) is -0.183. The van der Waals surface area contributed by atoms with Crippen LogP contribution in [0.1, 0.15) is 6.42 Å². The third-order valence-corrected chi connectivity index (χ3v) is 5.59. The van der Waals surface area contributed by atoms with Gasteiger partial charge in [0, 0.05) is 42.4 Å². The SMILES string of the molecule is OC[C@H]1C[C@@H](Nc2nc(Nc3cc[nH+]cc3)ncc2-c2nccs2)[C@H](O)[C@@H]1O. The predicted octanol–water partition coefficient (Wildman–Crippen LogP) is 0.672. The van der Waals surface area contributed by atoms with Gasteiger partial charge in [-0.15, -0.1) is 11.3 Å². The molecule has 0 aromatic carbocycles. The van der Waals surface area contributed by atoms with Crippen LogP contribution in [0.2, 0.25) is 0 Å². The fourth-order valence-electron chi connectivity index (χ4n) is 3.29. The van der Waals surface area contributed by atoms with Gasteiger partial charge in [-0.2, -0.15) is 4.98 Å². The molecule has 146 valence electrons. The third-order valence-electron chi connectivity index (χ3n) is 4.78. The van der Waals surface area contributed by atoms with Crippen molar-refractivity contribution in [1.29, 1.82) is 0 Å². The molecule has 1 aliphatic rings. The Morgan fingerprint density at radius 1 is 1.18 bits per heavy atom. The number of aliphatic hydroxyl groups is 3. The summed E-state index contributed by atoms with van der Waals surface area (Å²) in [7, 11) is 0. The first-order valence-electron chi connectivity index (χ1n) is 8.89. The van der Waals surface area contributed by atoms with Crippen molar-refractivity contribution >= 4 is 28.8 Å². The van der Waals surface area contributed by atoms with E-state index in [1.165, 1.54) is 11.3 Å². The molecule has 0 aliphatic heterocycles. The Morgan fingerprint density at radius 3 is 2.68 bits per heavy atom. The van der Waals surface area contributed by atoms with Gasteiger partial charge in [-0.3, -0.25) is 0 Å². The first-order chi connectivity index (χ1) is 13.7. The molecule has 3 aromatic heterocycles. The van der Waals surface area contributed by atoms with Gasteiger partial charge in [0.1, 0.15) is 16.9 Å². The van der Waals surface area contributed by atoms with E-state index in [2.05, 4.69) is 30.6 Å². The van der Waals surface area contributed by atoms with Crippen LogP contribution in [0.5, 0.6) is 0 Å². The van der Waals surface area contributed by atoms with Gasteiger partial charge in [0.25, 0.3) is 0 Å². The Morgan fingerprint density at radius 2 is 2.00 bits per heavy atom. The number of nitrogens with one attached hydrogen (secondary N) is 3. The molecule has 28 heavy (non-hydrogen) atoms. The van der Waals surface area contributed by atoms with Gasteiger partial charge in [-0.1, -0.05) is 0 Å². The topological polar surface area (TPSA) is 138 Å². The number of anilines is 3. The Balaban J connectivity index is 1.64. The molecule has 1 fully saturated rings. The number of aliphatic hydroxyl groups excluding tert-OH is 3. The highest BCUT2D eigenvalue weighted by molar-refractivity contribution is 7.13. The van der Waals surface area contributed by atoms with Gasteiger partial charge in [-0.05, 0) is 6.42 Å². The highest BCUT2D eigenvalue weighted by Crippen LogP contribution is 2.33. The molecule has 3 heterocycles. The lowest BCUT2D eigenvalue weighted by molar-refractivity contribution is -0.377. The summed E-state index contributed by atoms with van der Waals surface area (Å²) in [6.07, 6.45) is 5.40. The molecule has 0 unspecified atom stereocenters. The number of thiazole rings is 1. The van der Waals surface area contributed by atoms with Gasteiger partial charge in [-0.25, -0.2) is 15.0 Å². The van der Waals surface area contributed by atoms with Crippen LogP contribution in [0.15, 0.2) is 42.3 Å². The van der Waals surface area contributed by atoms with Gasteiger partial charge < -0.3 is 26.0 Å². The predicted molar refractivity (Wildman–Crippen MR) is 104 cm³/mol. The first-order valence-corrected chi connectivity index (χ1v) is 9.77. The average Bonchev–Trinajstić information content (AvgIpc) is 3.33. The molecule has 0 saturated heterocycles. The number of aromatic amines is 1. The van der Waals surface area contributed by atoms with E-state index in [1.54, 1.807) is 24.8 Å². The zero-order chi connectivity index (χ0) is 19.5. The maximum Gasteiger partial charge on any atom is 0.229 e. The Kier molecular flexibility index (Phi) is 5.44. The Bertz CT molecular complexity index is 911. The van der Waals surface area contributed by atoms with Crippen molar-refractivity contribution in [3.8, 4) is 10.6 Å². The van der Waals surface area contributed by atoms with Gasteiger partial charge in [0.2, 0.25) is 5.95 Å². The van der Waals surface area contributed by atoms with Crippen LogP contribution < -0.4 is 15.6 Å². The zero-order valence-corrected chi connectivity index (χ0v) is 15.7. The molecule has 4 atom stereocenters. The van der Waals surface area contributed by atoms with E-state index in [4.69, 9.17) is 0 Å². The zero-order valence-electron chi connectivity index (χ0n) is 14.9. The molecule has 4 rings (SSSR count). The van der Waals surface area contributed by atoms with E-state index >= 15 is 0 Å². The molecule has 0 radical (unpaired) electrons. The van der Waals surface area contributed by atoms with E-state index in [1.807, 2.05) is 17.5 Å². The van der Waals surface area contributed by atoms with Crippen LogP contribution in [0.3, 0.4) is 0 Å². The molecule has 0 spiro atoms. The van der Waals surface area contributed by atoms with Gasteiger partial charge >= 0.3 is 0 Å². The maximum atomic E-state index is 10.3. The van der Waals surface area contributed by atoms with Gasteiger partial charge in [0.15, 0.2) is 12.4 Å². The summed E-state index contributed by atoms with van der Waals surface area (Å²) in [4.78, 5) is 16.2. The Hall–Kier alpha value is -2.66. The minimum Gasteiger partial charge on any atom is -0.396 e. The average molecular weight is 401 g/mol. The lowest BCUT2D eigenvalue weighted by Crippen LogP contribution is -2.35. The highest BCUT2D eigenvalue weighted by atomic mass is 32.1. The molecular weight excluding hydrogens is 380 g/mol. The summed E-state index contributed by atoms with van der Waals surface area (Å²) < 4.78 is 0. The van der Waals surface area contributed by atoms with Crippen LogP contribution in [0.25, 0.3) is 10.6 Å². The summed E-state index contributed by atoms with van der Waals surface area (Å²) >= 11 is 1.46. The van der Waals surface area contributed by atoms with Crippen molar-refractivity contribution in [3.63, 3.8) is 0 Å². The molecule has 9 nitrogen and oxygen atoms in total. The highest BCUT2D eigenvalue weighted by Gasteiger charge is 2.41. The van der Waals surface area contributed by atoms with Crippen LogP contribution in [0, 0.1) is 5.92 Å². The van der Waals surface area contributed by atoms with Crippen molar-refractivity contribution in [2.75, 3.05) is 17.2 Å². The maximum absolute atomic E-state index is 10.3. The van der Waals surface area contributed by atoms with Crippen molar-refractivity contribution in [2.24, 2.45) is 5.92 Å². The minimum absolute atomic E-state index is 0.183. The lowest BCUT2D eigenvalue weighted by atomic mass is 10.1. The molecule has 3 aromatic rings. The molecule has 0 bridgehead atoms. The van der Waals surface area contributed by atoms with E-state index in [0.29, 0.717) is 23.8 Å². The minimum atomic E-state index is -1.00. The fraction of sp³-hybridized carbons (Fsp3) is 0.333. The van der Waals surface area contributed by atoms with Crippen molar-refractivity contribution in [2.45, 2.75) is 24.7 Å². The van der Waals surface area contributed by atoms with Crippen LogP contribution in [-0.2, 0) is 0 Å². The summed E-state index contributed by atoms with van der Waals surface area (Å²) in [5, 5.41) is 38.8. The van der Waals surface area contributed by atoms with Crippen molar-refractivity contribution in [1.82, 2.24) is 15.0 Å². The molecule has 0 amide bonds. The number of rotatable bonds is 6. The van der Waals surface area contributed by atoms with Crippen LogP contribution >= 0.6 is 11.3 Å². The third kappa shape index (κ3) is 3.80. The van der Waals surface area contributed by atoms with Crippen LogP contribution in [-0.4, -0.2) is 55.1 Å². The second-order valence-corrected chi connectivity index (χ2v) is 7.51. The van der Waals surface area contributed by atoms with Crippen molar-refractivity contribution < 1.29 is 20.3 Å². The second-order valence-electron chi connectivity index (χ2n) is 6.62. The summed E-state index contributed by atoms with van der Waals surface area (Å²) in [5.41, 5.74) is 1.53.